The van der Waals surface area contributed by atoms with Crippen LogP contribution in [0.25, 0.3) is 0 Å². The molecule has 0 saturated heterocycles. The van der Waals surface area contributed by atoms with Crippen LogP contribution in [0.15, 0.2) is 12.3 Å². The number of esters is 1. The predicted octanol–water partition coefficient (Wildman–Crippen LogP) is 1.21. The van der Waals surface area contributed by atoms with Gasteiger partial charge in [0.2, 0.25) is 0 Å². The van der Waals surface area contributed by atoms with E-state index in [2.05, 4.69) is 20.6 Å². The number of nitrogens with zero attached hydrogens (tertiary/aromatic N) is 6. The molecular formula is C13H18N6O2. The van der Waals surface area contributed by atoms with Crippen LogP contribution in [-0.2, 0) is 11.3 Å². The Kier molecular flexibility index (Phi) is 3.94. The maximum Gasteiger partial charge on any atom is 0.378 e. The van der Waals surface area contributed by atoms with Gasteiger partial charge in [-0.2, -0.15) is 5.10 Å². The smallest absolute Gasteiger partial charge is 0.378 e. The molecule has 0 spiro atoms. The zero-order valence-electron chi connectivity index (χ0n) is 12.0. The van der Waals surface area contributed by atoms with Gasteiger partial charge in [0.15, 0.2) is 0 Å². The standard InChI is InChI=1S/C13H18N6O2/c1-2-21-13(20)12-14-16-17-19(12)9-10-7-8-18(15-10)11-5-3-4-6-11/h7-8,11H,2-6,9H2,1H3. The van der Waals surface area contributed by atoms with Gasteiger partial charge >= 0.3 is 5.97 Å². The molecule has 0 radical (unpaired) electrons. The van der Waals surface area contributed by atoms with E-state index in [4.69, 9.17) is 4.74 Å². The number of hydrogen-bond acceptors (Lipinski definition) is 6. The first-order chi connectivity index (χ1) is 10.3. The quantitative estimate of drug-likeness (QED) is 0.769. The van der Waals surface area contributed by atoms with E-state index < -0.39 is 5.97 Å². The summed E-state index contributed by atoms with van der Waals surface area (Å²) >= 11 is 0. The van der Waals surface area contributed by atoms with Crippen LogP contribution in [0, 0.1) is 0 Å². The molecule has 3 rings (SSSR count). The first kappa shape index (κ1) is 13.7. The molecule has 2 aromatic rings. The summed E-state index contributed by atoms with van der Waals surface area (Å²) in [5.74, 6) is -0.412. The minimum Gasteiger partial charge on any atom is -0.460 e. The molecule has 8 nitrogen and oxygen atoms in total. The first-order valence-electron chi connectivity index (χ1n) is 7.25. The molecule has 21 heavy (non-hydrogen) atoms. The molecule has 0 aromatic carbocycles. The number of hydrogen-bond donors (Lipinski definition) is 0. The molecule has 2 aromatic heterocycles. The molecular weight excluding hydrogens is 272 g/mol. The highest BCUT2D eigenvalue weighted by molar-refractivity contribution is 5.85. The summed E-state index contributed by atoms with van der Waals surface area (Å²) in [6, 6.07) is 2.44. The van der Waals surface area contributed by atoms with E-state index in [-0.39, 0.29) is 5.82 Å². The molecule has 8 heteroatoms. The predicted molar refractivity (Wildman–Crippen MR) is 72.6 cm³/mol. The van der Waals surface area contributed by atoms with E-state index in [9.17, 15) is 4.79 Å². The minimum absolute atomic E-state index is 0.104. The third-order valence-electron chi connectivity index (χ3n) is 3.66. The molecule has 1 aliphatic rings. The van der Waals surface area contributed by atoms with Crippen LogP contribution in [-0.4, -0.2) is 42.6 Å². The van der Waals surface area contributed by atoms with Gasteiger partial charge in [0.25, 0.3) is 5.82 Å². The molecule has 0 unspecified atom stereocenters. The third kappa shape index (κ3) is 2.93. The summed E-state index contributed by atoms with van der Waals surface area (Å²) in [5, 5.41) is 15.6. The summed E-state index contributed by atoms with van der Waals surface area (Å²) in [6.45, 7) is 2.40. The first-order valence-corrected chi connectivity index (χ1v) is 7.25. The fourth-order valence-corrected chi connectivity index (χ4v) is 2.64. The maximum absolute atomic E-state index is 11.7. The Bertz CT molecular complexity index is 614. The second-order valence-electron chi connectivity index (χ2n) is 5.11. The van der Waals surface area contributed by atoms with E-state index in [0.29, 0.717) is 19.2 Å². The topological polar surface area (TPSA) is 87.7 Å². The van der Waals surface area contributed by atoms with Crippen LogP contribution in [0.1, 0.15) is 55.0 Å². The van der Waals surface area contributed by atoms with Gasteiger partial charge in [-0.25, -0.2) is 9.48 Å². The monoisotopic (exact) mass is 290 g/mol. The van der Waals surface area contributed by atoms with E-state index in [1.54, 1.807) is 6.92 Å². The Morgan fingerprint density at radius 3 is 3.00 bits per heavy atom. The van der Waals surface area contributed by atoms with Crippen LogP contribution in [0.4, 0.5) is 0 Å². The van der Waals surface area contributed by atoms with Crippen molar-refractivity contribution in [1.82, 2.24) is 30.0 Å². The lowest BCUT2D eigenvalue weighted by molar-refractivity contribution is 0.0505. The van der Waals surface area contributed by atoms with Gasteiger partial charge in [0.05, 0.1) is 24.9 Å². The van der Waals surface area contributed by atoms with Gasteiger partial charge < -0.3 is 4.74 Å². The van der Waals surface area contributed by atoms with Crippen molar-refractivity contribution in [3.8, 4) is 0 Å². The highest BCUT2D eigenvalue weighted by Gasteiger charge is 2.20. The fraction of sp³-hybridized carbons (Fsp3) is 0.615. The lowest BCUT2D eigenvalue weighted by Crippen LogP contribution is -2.15. The molecule has 112 valence electrons. The van der Waals surface area contributed by atoms with Gasteiger partial charge in [-0.3, -0.25) is 4.68 Å². The lowest BCUT2D eigenvalue weighted by atomic mass is 10.3. The number of carbonyl (C=O) groups excluding carboxylic acids is 1. The van der Waals surface area contributed by atoms with Crippen molar-refractivity contribution in [2.24, 2.45) is 0 Å². The van der Waals surface area contributed by atoms with Gasteiger partial charge in [-0.1, -0.05) is 12.8 Å². The van der Waals surface area contributed by atoms with Crippen LogP contribution in [0.5, 0.6) is 0 Å². The van der Waals surface area contributed by atoms with Gasteiger partial charge in [-0.15, -0.1) is 5.10 Å². The maximum atomic E-state index is 11.7. The molecule has 0 aliphatic heterocycles. The fourth-order valence-electron chi connectivity index (χ4n) is 2.64. The van der Waals surface area contributed by atoms with Crippen molar-refractivity contribution < 1.29 is 9.53 Å². The lowest BCUT2D eigenvalue weighted by Gasteiger charge is -2.08. The molecule has 0 amide bonds. The van der Waals surface area contributed by atoms with Crippen molar-refractivity contribution in [2.45, 2.75) is 45.2 Å². The van der Waals surface area contributed by atoms with Crippen molar-refractivity contribution >= 4 is 5.97 Å². The van der Waals surface area contributed by atoms with Crippen molar-refractivity contribution in [3.63, 3.8) is 0 Å². The van der Waals surface area contributed by atoms with E-state index in [0.717, 1.165) is 5.69 Å². The van der Waals surface area contributed by atoms with E-state index >= 15 is 0 Å². The molecule has 1 saturated carbocycles. The minimum atomic E-state index is -0.516. The summed E-state index contributed by atoms with van der Waals surface area (Å²) < 4.78 is 8.35. The zero-order valence-corrected chi connectivity index (χ0v) is 12.0. The Morgan fingerprint density at radius 1 is 1.43 bits per heavy atom. The zero-order chi connectivity index (χ0) is 14.7. The Hall–Kier alpha value is -2.25. The van der Waals surface area contributed by atoms with Crippen molar-refractivity contribution in [1.29, 1.82) is 0 Å². The Morgan fingerprint density at radius 2 is 2.24 bits per heavy atom. The molecule has 0 atom stereocenters. The number of rotatable bonds is 5. The van der Waals surface area contributed by atoms with E-state index in [1.165, 1.54) is 30.4 Å². The molecule has 2 heterocycles. The van der Waals surface area contributed by atoms with Gasteiger partial charge in [-0.05, 0) is 36.3 Å². The molecule has 0 N–H and O–H groups in total. The number of carbonyl (C=O) groups is 1. The van der Waals surface area contributed by atoms with Crippen LogP contribution in [0.3, 0.4) is 0 Å². The van der Waals surface area contributed by atoms with Crippen molar-refractivity contribution in [3.05, 3.63) is 23.8 Å². The van der Waals surface area contributed by atoms with Gasteiger partial charge in [0, 0.05) is 6.20 Å². The summed E-state index contributed by atoms with van der Waals surface area (Å²) in [7, 11) is 0. The highest BCUT2D eigenvalue weighted by atomic mass is 16.5. The second-order valence-corrected chi connectivity index (χ2v) is 5.11. The highest BCUT2D eigenvalue weighted by Crippen LogP contribution is 2.28. The van der Waals surface area contributed by atoms with Crippen LogP contribution < -0.4 is 0 Å². The molecule has 0 bridgehead atoms. The normalized spacial score (nSPS) is 15.5. The van der Waals surface area contributed by atoms with Gasteiger partial charge in [0.1, 0.15) is 0 Å². The number of tetrazole rings is 1. The average molecular weight is 290 g/mol. The summed E-state index contributed by atoms with van der Waals surface area (Å²) in [6.07, 6.45) is 6.87. The average Bonchev–Trinajstić information content (AvgIpc) is 3.20. The summed E-state index contributed by atoms with van der Waals surface area (Å²) in [4.78, 5) is 11.7. The third-order valence-corrected chi connectivity index (χ3v) is 3.66. The van der Waals surface area contributed by atoms with Crippen LogP contribution >= 0.6 is 0 Å². The largest absolute Gasteiger partial charge is 0.460 e. The Balaban J connectivity index is 1.72. The van der Waals surface area contributed by atoms with Crippen LogP contribution in [0.2, 0.25) is 0 Å². The van der Waals surface area contributed by atoms with E-state index in [1.807, 2.05) is 16.9 Å². The SMILES string of the molecule is CCOC(=O)c1nnnn1Cc1ccn(C2CCCC2)n1. The number of aromatic nitrogens is 6. The molecule has 1 aliphatic carbocycles. The number of ether oxygens (including phenoxy) is 1. The Labute approximate surface area is 122 Å². The second kappa shape index (κ2) is 6.02. The van der Waals surface area contributed by atoms with Crippen molar-refractivity contribution in [2.75, 3.05) is 6.61 Å². The molecule has 1 fully saturated rings. The summed E-state index contributed by atoms with van der Waals surface area (Å²) in [5.41, 5.74) is 0.833.